The minimum Gasteiger partial charge on any atom is -0.489 e. The van der Waals surface area contributed by atoms with Crippen molar-refractivity contribution in [2.24, 2.45) is 0 Å². The number of benzene rings is 2. The van der Waals surface area contributed by atoms with Crippen molar-refractivity contribution in [3.05, 3.63) is 63.6 Å². The fraction of sp³-hybridized carbons (Fsp3) is 0.278. The molecule has 2 aromatic carbocycles. The summed E-state index contributed by atoms with van der Waals surface area (Å²) < 4.78 is 5.66. The van der Waals surface area contributed by atoms with Gasteiger partial charge in [0.1, 0.15) is 24.6 Å². The van der Waals surface area contributed by atoms with Crippen molar-refractivity contribution in [1.82, 2.24) is 5.32 Å². The molecule has 0 radical (unpaired) electrons. The summed E-state index contributed by atoms with van der Waals surface area (Å²) in [6, 6.07) is 12.0. The lowest BCUT2D eigenvalue weighted by Gasteiger charge is -2.18. The molecule has 0 heterocycles. The number of amides is 1. The molecular weight excluding hydrogens is 365 g/mol. The van der Waals surface area contributed by atoms with Crippen LogP contribution in [0.5, 0.6) is 5.75 Å². The quantitative estimate of drug-likeness (QED) is 0.686. The molecule has 0 saturated heterocycles. The van der Waals surface area contributed by atoms with Gasteiger partial charge in [-0.05, 0) is 35.4 Å². The smallest absolute Gasteiger partial charge is 0.216 e. The minimum atomic E-state index is -1.10. The molecule has 134 valence electrons. The Morgan fingerprint density at radius 3 is 2.40 bits per heavy atom. The van der Waals surface area contributed by atoms with Crippen LogP contribution in [0.25, 0.3) is 0 Å². The molecule has 0 aromatic heterocycles. The van der Waals surface area contributed by atoms with Gasteiger partial charge in [-0.25, -0.2) is 0 Å². The average Bonchev–Trinajstić information content (AvgIpc) is 2.60. The van der Waals surface area contributed by atoms with E-state index in [1.54, 1.807) is 36.4 Å². The van der Waals surface area contributed by atoms with E-state index < -0.39 is 12.2 Å². The van der Waals surface area contributed by atoms with Crippen molar-refractivity contribution in [3.8, 4) is 5.75 Å². The van der Waals surface area contributed by atoms with E-state index in [1.807, 2.05) is 6.07 Å². The molecule has 2 aromatic rings. The normalized spacial score (nSPS) is 13.2. The summed E-state index contributed by atoms with van der Waals surface area (Å²) in [4.78, 5) is 10.8. The predicted octanol–water partition coefficient (Wildman–Crippen LogP) is 3.10. The van der Waals surface area contributed by atoms with Gasteiger partial charge in [0.2, 0.25) is 5.91 Å². The molecule has 7 heteroatoms. The molecule has 0 bridgehead atoms. The standard InChI is InChI=1S/C18H19Cl2NO4/c1-11(22)21-9-17(23)18(24)13-3-5-14(6-4-13)25-10-12-2-7-15(19)16(20)8-12/h2-8,17-18,23-24H,9-10H2,1H3,(H,21,22). The van der Waals surface area contributed by atoms with Gasteiger partial charge in [-0.2, -0.15) is 0 Å². The van der Waals surface area contributed by atoms with Crippen LogP contribution >= 0.6 is 23.2 Å². The number of hydrogen-bond acceptors (Lipinski definition) is 4. The third-order valence-electron chi connectivity index (χ3n) is 3.54. The van der Waals surface area contributed by atoms with E-state index in [0.717, 1.165) is 5.56 Å². The van der Waals surface area contributed by atoms with Crippen molar-refractivity contribution in [3.63, 3.8) is 0 Å². The van der Waals surface area contributed by atoms with Gasteiger partial charge in [0.25, 0.3) is 0 Å². The lowest BCUT2D eigenvalue weighted by atomic mass is 10.0. The van der Waals surface area contributed by atoms with E-state index in [4.69, 9.17) is 27.9 Å². The number of hydrogen-bond donors (Lipinski definition) is 3. The Morgan fingerprint density at radius 1 is 1.12 bits per heavy atom. The monoisotopic (exact) mass is 383 g/mol. The van der Waals surface area contributed by atoms with Gasteiger partial charge in [-0.1, -0.05) is 41.4 Å². The molecule has 5 nitrogen and oxygen atoms in total. The molecule has 1 amide bonds. The largest absolute Gasteiger partial charge is 0.489 e. The van der Waals surface area contributed by atoms with Crippen LogP contribution in [-0.2, 0) is 11.4 Å². The third-order valence-corrected chi connectivity index (χ3v) is 4.27. The number of aliphatic hydroxyl groups excluding tert-OH is 2. The molecule has 25 heavy (non-hydrogen) atoms. The van der Waals surface area contributed by atoms with E-state index in [0.29, 0.717) is 28.0 Å². The summed E-state index contributed by atoms with van der Waals surface area (Å²) in [5, 5.41) is 23.4. The highest BCUT2D eigenvalue weighted by Gasteiger charge is 2.18. The van der Waals surface area contributed by atoms with Crippen molar-refractivity contribution < 1.29 is 19.7 Å². The molecule has 0 aliphatic heterocycles. The molecule has 0 aliphatic rings. The number of rotatable bonds is 7. The van der Waals surface area contributed by atoms with E-state index in [2.05, 4.69) is 5.32 Å². The molecule has 2 rings (SSSR count). The Bertz CT molecular complexity index is 722. The fourth-order valence-corrected chi connectivity index (χ4v) is 2.46. The van der Waals surface area contributed by atoms with Crippen molar-refractivity contribution in [2.75, 3.05) is 6.54 Å². The van der Waals surface area contributed by atoms with Gasteiger partial charge in [-0.3, -0.25) is 4.79 Å². The van der Waals surface area contributed by atoms with Crippen molar-refractivity contribution in [1.29, 1.82) is 0 Å². The Hall–Kier alpha value is -1.79. The first kappa shape index (κ1) is 19.5. The molecule has 2 unspecified atom stereocenters. The Kier molecular flexibility index (Phi) is 7.08. The van der Waals surface area contributed by atoms with Crippen LogP contribution in [0.3, 0.4) is 0 Å². The maximum absolute atomic E-state index is 10.8. The van der Waals surface area contributed by atoms with Gasteiger partial charge in [0, 0.05) is 13.5 Å². The first-order valence-corrected chi connectivity index (χ1v) is 8.39. The summed E-state index contributed by atoms with van der Waals surface area (Å²) in [6.07, 6.45) is -2.19. The van der Waals surface area contributed by atoms with Crippen LogP contribution in [0, 0.1) is 0 Å². The van der Waals surface area contributed by atoms with Gasteiger partial charge in [-0.15, -0.1) is 0 Å². The van der Waals surface area contributed by atoms with Crippen LogP contribution in [-0.4, -0.2) is 28.8 Å². The maximum Gasteiger partial charge on any atom is 0.216 e. The molecule has 2 atom stereocenters. The fourth-order valence-electron chi connectivity index (χ4n) is 2.14. The number of nitrogens with one attached hydrogen (secondary N) is 1. The van der Waals surface area contributed by atoms with E-state index in [-0.39, 0.29) is 12.5 Å². The summed E-state index contributed by atoms with van der Waals surface area (Å²) in [5.41, 5.74) is 1.41. The molecule has 0 fully saturated rings. The number of aliphatic hydroxyl groups is 2. The highest BCUT2D eigenvalue weighted by molar-refractivity contribution is 6.42. The second-order valence-corrected chi connectivity index (χ2v) is 6.37. The summed E-state index contributed by atoms with van der Waals surface area (Å²) >= 11 is 11.8. The van der Waals surface area contributed by atoms with Crippen LogP contribution in [0.15, 0.2) is 42.5 Å². The Balaban J connectivity index is 1.92. The number of halogens is 2. The first-order chi connectivity index (χ1) is 11.9. The van der Waals surface area contributed by atoms with Gasteiger partial charge in [0.15, 0.2) is 0 Å². The first-order valence-electron chi connectivity index (χ1n) is 7.64. The SMILES string of the molecule is CC(=O)NCC(O)C(O)c1ccc(OCc2ccc(Cl)c(Cl)c2)cc1. The minimum absolute atomic E-state index is 0.0217. The van der Waals surface area contributed by atoms with Crippen LogP contribution < -0.4 is 10.1 Å². The summed E-state index contributed by atoms with van der Waals surface area (Å²) in [7, 11) is 0. The second kappa shape index (κ2) is 9.06. The van der Waals surface area contributed by atoms with Gasteiger partial charge in [0.05, 0.1) is 10.0 Å². The number of carbonyl (C=O) groups is 1. The lowest BCUT2D eigenvalue weighted by Crippen LogP contribution is -2.34. The van der Waals surface area contributed by atoms with Crippen molar-refractivity contribution >= 4 is 29.1 Å². The Labute approximate surface area is 156 Å². The maximum atomic E-state index is 10.8. The highest BCUT2D eigenvalue weighted by atomic mass is 35.5. The zero-order valence-corrected chi connectivity index (χ0v) is 15.1. The van der Waals surface area contributed by atoms with Crippen LogP contribution in [0.4, 0.5) is 0 Å². The van der Waals surface area contributed by atoms with Crippen molar-refractivity contribution in [2.45, 2.75) is 25.7 Å². The Morgan fingerprint density at radius 2 is 1.80 bits per heavy atom. The molecule has 0 spiro atoms. The average molecular weight is 384 g/mol. The molecule has 0 saturated carbocycles. The molecule has 0 aliphatic carbocycles. The van der Waals surface area contributed by atoms with Gasteiger partial charge < -0.3 is 20.3 Å². The summed E-state index contributed by atoms with van der Waals surface area (Å²) in [5.74, 6) is 0.343. The van der Waals surface area contributed by atoms with Crippen LogP contribution in [0.1, 0.15) is 24.2 Å². The highest BCUT2D eigenvalue weighted by Crippen LogP contribution is 2.24. The van der Waals surface area contributed by atoms with E-state index in [1.165, 1.54) is 6.92 Å². The van der Waals surface area contributed by atoms with E-state index in [9.17, 15) is 15.0 Å². The zero-order valence-electron chi connectivity index (χ0n) is 13.6. The topological polar surface area (TPSA) is 78.8 Å². The lowest BCUT2D eigenvalue weighted by molar-refractivity contribution is -0.119. The molecular formula is C18H19Cl2NO4. The summed E-state index contributed by atoms with van der Waals surface area (Å²) in [6.45, 7) is 1.65. The molecule has 3 N–H and O–H groups in total. The van der Waals surface area contributed by atoms with Gasteiger partial charge >= 0.3 is 0 Å². The van der Waals surface area contributed by atoms with Crippen LogP contribution in [0.2, 0.25) is 10.0 Å². The second-order valence-electron chi connectivity index (χ2n) is 5.56. The number of carbonyl (C=O) groups excluding carboxylic acids is 1. The van der Waals surface area contributed by atoms with E-state index >= 15 is 0 Å². The predicted molar refractivity (Wildman–Crippen MR) is 96.9 cm³/mol. The third kappa shape index (κ3) is 5.90. The number of ether oxygens (including phenoxy) is 1. The zero-order chi connectivity index (χ0) is 18.4.